The molecule has 8 heteroatoms. The minimum Gasteiger partial charge on any atom is -0.493 e. The topological polar surface area (TPSA) is 59.6 Å². The second kappa shape index (κ2) is 12.3. The van der Waals surface area contributed by atoms with E-state index in [2.05, 4.69) is 40.4 Å². The number of amides is 1. The Morgan fingerprint density at radius 3 is 2.59 bits per heavy atom. The lowest BCUT2D eigenvalue weighted by atomic mass is 10.1. The molecule has 0 saturated heterocycles. The van der Waals surface area contributed by atoms with Crippen molar-refractivity contribution in [1.82, 2.24) is 5.32 Å². The van der Waals surface area contributed by atoms with Gasteiger partial charge in [0.25, 0.3) is 5.91 Å². The Morgan fingerprint density at radius 2 is 1.88 bits per heavy atom. The van der Waals surface area contributed by atoms with Crippen molar-refractivity contribution >= 4 is 50.7 Å². The standard InChI is InChI=1S/C26H27BrCl2N2O3/c1-16(2)13-31-26(32)18-5-4-6-21(11-18)30-14-17-9-22(27)25(24(10-17)33-3)34-15-19-7-8-20(28)12-23(19)29/h4-12,16,30H,13-15H2,1-3H3,(H,31,32). The van der Waals surface area contributed by atoms with Gasteiger partial charge in [-0.05, 0) is 69.9 Å². The SMILES string of the molecule is COc1cc(CNc2cccc(C(=O)NCC(C)C)c2)cc(Br)c1OCc1ccc(Cl)cc1Cl. The van der Waals surface area contributed by atoms with E-state index in [1.54, 1.807) is 25.3 Å². The molecule has 3 rings (SSSR count). The molecular formula is C26H27BrCl2N2O3. The number of ether oxygens (including phenoxy) is 2. The summed E-state index contributed by atoms with van der Waals surface area (Å²) in [6.07, 6.45) is 0. The maximum absolute atomic E-state index is 12.4. The predicted molar refractivity (Wildman–Crippen MR) is 142 cm³/mol. The van der Waals surface area contributed by atoms with Gasteiger partial charge in [-0.15, -0.1) is 0 Å². The zero-order valence-electron chi connectivity index (χ0n) is 19.3. The third-order valence-electron chi connectivity index (χ3n) is 4.97. The van der Waals surface area contributed by atoms with Crippen LogP contribution in [0.5, 0.6) is 11.5 Å². The van der Waals surface area contributed by atoms with Gasteiger partial charge in [0.1, 0.15) is 6.61 Å². The molecule has 0 radical (unpaired) electrons. The Labute approximate surface area is 218 Å². The van der Waals surface area contributed by atoms with E-state index in [9.17, 15) is 4.79 Å². The molecule has 0 saturated carbocycles. The number of carbonyl (C=O) groups is 1. The Hall–Kier alpha value is -2.41. The van der Waals surface area contributed by atoms with Crippen LogP contribution < -0.4 is 20.1 Å². The van der Waals surface area contributed by atoms with Crippen LogP contribution in [0.25, 0.3) is 0 Å². The molecule has 3 aromatic rings. The molecule has 0 unspecified atom stereocenters. The van der Waals surface area contributed by atoms with Gasteiger partial charge in [-0.3, -0.25) is 4.79 Å². The van der Waals surface area contributed by atoms with Crippen LogP contribution in [0.3, 0.4) is 0 Å². The zero-order valence-corrected chi connectivity index (χ0v) is 22.4. The summed E-state index contributed by atoms with van der Waals surface area (Å²) in [4.78, 5) is 12.4. The number of hydrogen-bond donors (Lipinski definition) is 2. The summed E-state index contributed by atoms with van der Waals surface area (Å²) >= 11 is 15.8. The minimum atomic E-state index is -0.0796. The van der Waals surface area contributed by atoms with Crippen LogP contribution in [0, 0.1) is 5.92 Å². The molecule has 0 aliphatic heterocycles. The van der Waals surface area contributed by atoms with E-state index in [-0.39, 0.29) is 12.5 Å². The van der Waals surface area contributed by atoms with E-state index >= 15 is 0 Å². The molecule has 0 bridgehead atoms. The summed E-state index contributed by atoms with van der Waals surface area (Å²) in [5.41, 5.74) is 3.28. The summed E-state index contributed by atoms with van der Waals surface area (Å²) in [5, 5.41) is 7.42. The first-order chi connectivity index (χ1) is 16.3. The Kier molecular flexibility index (Phi) is 9.51. The fourth-order valence-electron chi connectivity index (χ4n) is 3.18. The first-order valence-corrected chi connectivity index (χ1v) is 12.4. The number of hydrogen-bond acceptors (Lipinski definition) is 4. The molecule has 34 heavy (non-hydrogen) atoms. The smallest absolute Gasteiger partial charge is 0.251 e. The van der Waals surface area contributed by atoms with E-state index in [0.29, 0.717) is 46.1 Å². The summed E-state index contributed by atoms with van der Waals surface area (Å²) in [5.74, 6) is 1.50. The summed E-state index contributed by atoms with van der Waals surface area (Å²) in [6.45, 7) is 5.58. The largest absolute Gasteiger partial charge is 0.493 e. The fourth-order valence-corrected chi connectivity index (χ4v) is 4.24. The average molecular weight is 566 g/mol. The highest BCUT2D eigenvalue weighted by atomic mass is 79.9. The molecule has 1 amide bonds. The first kappa shape index (κ1) is 26.2. The molecule has 0 aliphatic rings. The lowest BCUT2D eigenvalue weighted by Gasteiger charge is -2.16. The Bertz CT molecular complexity index is 1150. The summed E-state index contributed by atoms with van der Waals surface area (Å²) < 4.78 is 12.3. The fraction of sp³-hybridized carbons (Fsp3) is 0.269. The number of benzene rings is 3. The molecule has 0 atom stereocenters. The van der Waals surface area contributed by atoms with Gasteiger partial charge in [0.15, 0.2) is 11.5 Å². The van der Waals surface area contributed by atoms with E-state index in [1.807, 2.05) is 36.4 Å². The third kappa shape index (κ3) is 7.29. The lowest BCUT2D eigenvalue weighted by Crippen LogP contribution is -2.27. The van der Waals surface area contributed by atoms with Crippen LogP contribution in [0.2, 0.25) is 10.0 Å². The van der Waals surface area contributed by atoms with Gasteiger partial charge < -0.3 is 20.1 Å². The first-order valence-electron chi connectivity index (χ1n) is 10.8. The van der Waals surface area contributed by atoms with Gasteiger partial charge in [-0.1, -0.05) is 49.2 Å². The average Bonchev–Trinajstić information content (AvgIpc) is 2.81. The molecule has 0 spiro atoms. The maximum Gasteiger partial charge on any atom is 0.251 e. The third-order valence-corrected chi connectivity index (χ3v) is 6.14. The van der Waals surface area contributed by atoms with Crippen molar-refractivity contribution < 1.29 is 14.3 Å². The van der Waals surface area contributed by atoms with Crippen LogP contribution in [-0.2, 0) is 13.2 Å². The Morgan fingerprint density at radius 1 is 1.09 bits per heavy atom. The van der Waals surface area contributed by atoms with Crippen molar-refractivity contribution in [1.29, 1.82) is 0 Å². The van der Waals surface area contributed by atoms with Gasteiger partial charge >= 0.3 is 0 Å². The second-order valence-corrected chi connectivity index (χ2v) is 9.87. The molecular weight excluding hydrogens is 539 g/mol. The van der Waals surface area contributed by atoms with Crippen molar-refractivity contribution in [2.24, 2.45) is 5.92 Å². The van der Waals surface area contributed by atoms with Crippen LogP contribution in [0.15, 0.2) is 59.1 Å². The molecule has 3 aromatic carbocycles. The van der Waals surface area contributed by atoms with Gasteiger partial charge in [0.05, 0.1) is 11.6 Å². The number of methoxy groups -OCH3 is 1. The van der Waals surface area contributed by atoms with E-state index in [1.165, 1.54) is 0 Å². The summed E-state index contributed by atoms with van der Waals surface area (Å²) in [7, 11) is 1.60. The molecule has 0 aliphatic carbocycles. The van der Waals surface area contributed by atoms with Gasteiger partial charge in [-0.25, -0.2) is 0 Å². The molecule has 5 nitrogen and oxygen atoms in total. The predicted octanol–water partition coefficient (Wildman–Crippen LogP) is 7.34. The van der Waals surface area contributed by atoms with E-state index < -0.39 is 0 Å². The van der Waals surface area contributed by atoms with E-state index in [4.69, 9.17) is 32.7 Å². The minimum absolute atomic E-state index is 0.0796. The number of anilines is 1. The maximum atomic E-state index is 12.4. The number of nitrogens with one attached hydrogen (secondary N) is 2. The van der Waals surface area contributed by atoms with Crippen molar-refractivity contribution in [2.75, 3.05) is 19.0 Å². The van der Waals surface area contributed by atoms with Crippen LogP contribution in [0.4, 0.5) is 5.69 Å². The van der Waals surface area contributed by atoms with Gasteiger partial charge in [-0.2, -0.15) is 0 Å². The zero-order chi connectivity index (χ0) is 24.7. The number of halogens is 3. The highest BCUT2D eigenvalue weighted by Crippen LogP contribution is 2.38. The monoisotopic (exact) mass is 564 g/mol. The van der Waals surface area contributed by atoms with Gasteiger partial charge in [0.2, 0.25) is 0 Å². The van der Waals surface area contributed by atoms with Gasteiger partial charge in [0, 0.05) is 39.9 Å². The van der Waals surface area contributed by atoms with Crippen LogP contribution >= 0.6 is 39.1 Å². The van der Waals surface area contributed by atoms with Crippen LogP contribution in [0.1, 0.15) is 35.3 Å². The Balaban J connectivity index is 1.67. The van der Waals surface area contributed by atoms with Crippen molar-refractivity contribution in [2.45, 2.75) is 27.0 Å². The summed E-state index contributed by atoms with van der Waals surface area (Å²) in [6, 6.07) is 16.6. The van der Waals surface area contributed by atoms with Crippen LogP contribution in [-0.4, -0.2) is 19.6 Å². The molecule has 0 aromatic heterocycles. The molecule has 2 N–H and O–H groups in total. The highest BCUT2D eigenvalue weighted by molar-refractivity contribution is 9.10. The lowest BCUT2D eigenvalue weighted by molar-refractivity contribution is 0.0949. The highest BCUT2D eigenvalue weighted by Gasteiger charge is 2.14. The molecule has 0 fully saturated rings. The number of rotatable bonds is 10. The molecule has 0 heterocycles. The van der Waals surface area contributed by atoms with E-state index in [0.717, 1.165) is 21.3 Å². The quantitative estimate of drug-likeness (QED) is 0.270. The normalized spacial score (nSPS) is 10.8. The number of carbonyl (C=O) groups excluding carboxylic acids is 1. The molecule has 180 valence electrons. The van der Waals surface area contributed by atoms with Crippen molar-refractivity contribution in [3.05, 3.63) is 85.8 Å². The van der Waals surface area contributed by atoms with Crippen molar-refractivity contribution in [3.63, 3.8) is 0 Å². The second-order valence-electron chi connectivity index (χ2n) is 8.17. The van der Waals surface area contributed by atoms with Crippen molar-refractivity contribution in [3.8, 4) is 11.5 Å².